The van der Waals surface area contributed by atoms with E-state index in [0.29, 0.717) is 12.6 Å². The largest absolute Gasteiger partial charge is 0.439 e. The maximum atomic E-state index is 7.07. The van der Waals surface area contributed by atoms with Gasteiger partial charge < -0.3 is 9.47 Å². The molecule has 4 nitrogen and oxygen atoms in total. The van der Waals surface area contributed by atoms with Gasteiger partial charge in [0, 0.05) is 23.4 Å². The minimum atomic E-state index is -0.603. The van der Waals surface area contributed by atoms with Gasteiger partial charge in [-0.2, -0.15) is 0 Å². The van der Waals surface area contributed by atoms with E-state index in [1.54, 1.807) is 0 Å². The van der Waals surface area contributed by atoms with E-state index in [0.717, 1.165) is 40.6 Å². The molecule has 4 heteroatoms. The van der Waals surface area contributed by atoms with E-state index >= 15 is 0 Å². The van der Waals surface area contributed by atoms with Crippen molar-refractivity contribution in [3.05, 3.63) is 138 Å². The molecule has 3 heterocycles. The quantitative estimate of drug-likeness (QED) is 0.223. The summed E-state index contributed by atoms with van der Waals surface area (Å²) in [7, 11) is 2.12. The summed E-state index contributed by atoms with van der Waals surface area (Å²) in [4.78, 5) is 7.42. The molecule has 41 heavy (non-hydrogen) atoms. The lowest BCUT2D eigenvalue weighted by atomic mass is 9.69. The minimum Gasteiger partial charge on any atom is -0.439 e. The van der Waals surface area contributed by atoms with Crippen LogP contribution in [0, 0.1) is 0 Å². The van der Waals surface area contributed by atoms with Gasteiger partial charge in [-0.3, -0.25) is 4.90 Å². The van der Waals surface area contributed by atoms with E-state index < -0.39 is 5.60 Å². The number of fused-ring (bicyclic) bond motifs is 7. The predicted octanol–water partition coefficient (Wildman–Crippen LogP) is 8.50. The van der Waals surface area contributed by atoms with Gasteiger partial charge in [0.25, 0.3) is 0 Å². The van der Waals surface area contributed by atoms with E-state index in [-0.39, 0.29) is 5.92 Å². The van der Waals surface area contributed by atoms with Crippen LogP contribution in [0.15, 0.2) is 121 Å². The first-order valence-corrected chi connectivity index (χ1v) is 14.3. The Kier molecular flexibility index (Phi) is 5.66. The molecule has 0 amide bonds. The summed E-state index contributed by atoms with van der Waals surface area (Å²) >= 11 is 0. The Morgan fingerprint density at radius 2 is 1.54 bits per heavy atom. The zero-order valence-electron chi connectivity index (χ0n) is 23.0. The van der Waals surface area contributed by atoms with E-state index in [1.807, 2.05) is 0 Å². The standard InChI is InChI=1S/C37H30N2O2/c1-39-19-18-37(40-24-39)33-23-30(21-28-14-8-9-15-31(28)33)41-36-32(35(37)26-12-6-3-7-13-26)22-29-20-27(16-17-34(29)38-36)25-10-4-2-5-11-25/h2-17,20-23,35H,18-19,24H2,1H3/t35-,37+/m1/s1. The van der Waals surface area contributed by atoms with Gasteiger partial charge in [-0.15, -0.1) is 0 Å². The third kappa shape index (κ3) is 4.02. The van der Waals surface area contributed by atoms with E-state index in [4.69, 9.17) is 14.5 Å². The molecule has 1 spiro atoms. The molecule has 1 aromatic heterocycles. The number of aromatic nitrogens is 1. The highest BCUT2D eigenvalue weighted by molar-refractivity contribution is 5.90. The Labute approximate surface area is 239 Å². The second kappa shape index (κ2) is 9.55. The number of rotatable bonds is 2. The molecule has 2 bridgehead atoms. The third-order valence-corrected chi connectivity index (χ3v) is 8.74. The van der Waals surface area contributed by atoms with Crippen LogP contribution >= 0.6 is 0 Å². The van der Waals surface area contributed by atoms with E-state index in [1.165, 1.54) is 27.6 Å². The van der Waals surface area contributed by atoms with E-state index in [2.05, 4.69) is 133 Å². The summed E-state index contributed by atoms with van der Waals surface area (Å²) in [5, 5.41) is 3.44. The zero-order chi connectivity index (χ0) is 27.4. The maximum absolute atomic E-state index is 7.07. The molecule has 2 atom stereocenters. The molecule has 200 valence electrons. The lowest BCUT2D eigenvalue weighted by Gasteiger charge is -2.47. The van der Waals surface area contributed by atoms with Crippen molar-refractivity contribution in [1.82, 2.24) is 9.88 Å². The van der Waals surface area contributed by atoms with Gasteiger partial charge in [0.15, 0.2) is 0 Å². The Morgan fingerprint density at radius 1 is 0.756 bits per heavy atom. The average molecular weight is 535 g/mol. The van der Waals surface area contributed by atoms with Crippen molar-refractivity contribution in [2.75, 3.05) is 20.3 Å². The number of benzene rings is 5. The molecular weight excluding hydrogens is 504 g/mol. The molecule has 0 aliphatic carbocycles. The van der Waals surface area contributed by atoms with Crippen molar-refractivity contribution in [2.45, 2.75) is 17.9 Å². The number of hydrogen-bond acceptors (Lipinski definition) is 4. The zero-order valence-corrected chi connectivity index (χ0v) is 23.0. The van der Waals surface area contributed by atoms with Crippen molar-refractivity contribution < 1.29 is 9.47 Å². The summed E-state index contributed by atoms with van der Waals surface area (Å²) in [5.41, 5.74) is 6.09. The topological polar surface area (TPSA) is 34.6 Å². The summed E-state index contributed by atoms with van der Waals surface area (Å²) in [6, 6.07) is 42.9. The molecule has 1 saturated heterocycles. The van der Waals surface area contributed by atoms with Crippen LogP contribution in [0.25, 0.3) is 32.8 Å². The second-order valence-corrected chi connectivity index (χ2v) is 11.3. The van der Waals surface area contributed by atoms with Gasteiger partial charge in [-0.1, -0.05) is 91.0 Å². The van der Waals surface area contributed by atoms with Crippen LogP contribution in [0.1, 0.15) is 29.0 Å². The number of nitrogens with zero attached hydrogens (tertiary/aromatic N) is 2. The van der Waals surface area contributed by atoms with Crippen LogP contribution in [-0.4, -0.2) is 30.2 Å². The Morgan fingerprint density at radius 3 is 2.34 bits per heavy atom. The molecule has 1 fully saturated rings. The normalized spacial score (nSPS) is 20.4. The molecule has 0 saturated carbocycles. The van der Waals surface area contributed by atoms with Crippen LogP contribution in [0.4, 0.5) is 0 Å². The first-order valence-electron chi connectivity index (χ1n) is 14.3. The van der Waals surface area contributed by atoms with Crippen molar-refractivity contribution in [3.63, 3.8) is 0 Å². The molecule has 0 radical (unpaired) electrons. The van der Waals surface area contributed by atoms with Crippen molar-refractivity contribution in [2.24, 2.45) is 0 Å². The molecular formula is C37H30N2O2. The smallest absolute Gasteiger partial charge is 0.223 e. The van der Waals surface area contributed by atoms with Crippen molar-refractivity contribution >= 4 is 21.7 Å². The minimum absolute atomic E-state index is 0.122. The van der Waals surface area contributed by atoms with Gasteiger partial charge in [-0.05, 0) is 76.8 Å². The van der Waals surface area contributed by atoms with Crippen LogP contribution in [0.5, 0.6) is 11.6 Å². The number of hydrogen-bond donors (Lipinski definition) is 0. The molecule has 5 aromatic carbocycles. The Hall–Kier alpha value is -4.51. The fourth-order valence-electron chi connectivity index (χ4n) is 6.74. The molecule has 8 rings (SSSR count). The molecule has 2 aliphatic heterocycles. The predicted molar refractivity (Wildman–Crippen MR) is 164 cm³/mol. The summed E-state index contributed by atoms with van der Waals surface area (Å²) in [5.74, 6) is 1.31. The molecule has 2 aliphatic rings. The van der Waals surface area contributed by atoms with Gasteiger partial charge in [0.1, 0.15) is 18.1 Å². The molecule has 0 unspecified atom stereocenters. The second-order valence-electron chi connectivity index (χ2n) is 11.3. The monoisotopic (exact) mass is 534 g/mol. The number of pyridine rings is 1. The van der Waals surface area contributed by atoms with E-state index in [9.17, 15) is 0 Å². The fourth-order valence-corrected chi connectivity index (χ4v) is 6.74. The molecule has 6 aromatic rings. The lowest BCUT2D eigenvalue weighted by molar-refractivity contribution is -0.145. The van der Waals surface area contributed by atoms with Crippen LogP contribution in [-0.2, 0) is 10.3 Å². The SMILES string of the molecule is CN1CC[C@]2(OC1)c1cc(cc3ccccc13)Oc1nc3ccc(-c4ccccc4)cc3cc1[C@H]2c1ccccc1. The van der Waals surface area contributed by atoms with Gasteiger partial charge in [0.05, 0.1) is 5.52 Å². The number of ether oxygens (including phenoxy) is 2. The Bertz CT molecular complexity index is 1890. The molecule has 0 N–H and O–H groups in total. The third-order valence-electron chi connectivity index (χ3n) is 8.74. The first kappa shape index (κ1) is 24.3. The average Bonchev–Trinajstić information content (AvgIpc) is 3.02. The van der Waals surface area contributed by atoms with Crippen LogP contribution in [0.2, 0.25) is 0 Å². The highest BCUT2D eigenvalue weighted by Crippen LogP contribution is 2.54. The highest BCUT2D eigenvalue weighted by Gasteiger charge is 2.48. The van der Waals surface area contributed by atoms with Gasteiger partial charge in [-0.25, -0.2) is 4.98 Å². The van der Waals surface area contributed by atoms with Crippen molar-refractivity contribution in [3.8, 4) is 22.8 Å². The summed E-state index contributed by atoms with van der Waals surface area (Å²) in [6.45, 7) is 1.48. The first-order chi connectivity index (χ1) is 20.2. The van der Waals surface area contributed by atoms with Gasteiger partial charge >= 0.3 is 0 Å². The fraction of sp³-hybridized carbons (Fsp3) is 0.162. The van der Waals surface area contributed by atoms with Crippen LogP contribution < -0.4 is 4.74 Å². The van der Waals surface area contributed by atoms with Crippen LogP contribution in [0.3, 0.4) is 0 Å². The maximum Gasteiger partial charge on any atom is 0.223 e. The van der Waals surface area contributed by atoms with Gasteiger partial charge in [0.2, 0.25) is 5.88 Å². The highest BCUT2D eigenvalue weighted by atomic mass is 16.5. The Balaban J connectivity index is 1.44. The van der Waals surface area contributed by atoms with Crippen molar-refractivity contribution in [1.29, 1.82) is 0 Å². The summed E-state index contributed by atoms with van der Waals surface area (Å²) < 4.78 is 13.8. The lowest BCUT2D eigenvalue weighted by Crippen LogP contribution is -2.47. The summed E-state index contributed by atoms with van der Waals surface area (Å²) in [6.07, 6.45) is 0.845.